The maximum Gasteiger partial charge on any atom is 0.248 e. The quantitative estimate of drug-likeness (QED) is 0.798. The number of anilines is 2. The van der Waals surface area contributed by atoms with E-state index in [0.29, 0.717) is 0 Å². The zero-order valence-electron chi connectivity index (χ0n) is 15.5. The van der Waals surface area contributed by atoms with Crippen LogP contribution in [0.1, 0.15) is 30.4 Å². The van der Waals surface area contributed by atoms with E-state index in [1.165, 1.54) is 31.0 Å². The van der Waals surface area contributed by atoms with Crippen LogP contribution in [-0.4, -0.2) is 26.1 Å². The smallest absolute Gasteiger partial charge is 0.248 e. The van der Waals surface area contributed by atoms with Crippen molar-refractivity contribution in [3.8, 4) is 5.75 Å². The average molecular weight is 350 g/mol. The molecule has 0 spiro atoms. The highest BCUT2D eigenvalue weighted by atomic mass is 16.5. The Hall–Kier alpha value is -2.75. The molecule has 0 radical (unpaired) electrons. The van der Waals surface area contributed by atoms with Crippen molar-refractivity contribution in [1.29, 1.82) is 0 Å². The van der Waals surface area contributed by atoms with Gasteiger partial charge in [0.1, 0.15) is 5.75 Å². The molecule has 1 aliphatic heterocycles. The predicted octanol–water partition coefficient (Wildman–Crippen LogP) is 4.65. The lowest BCUT2D eigenvalue weighted by Gasteiger charge is -2.28. The zero-order valence-corrected chi connectivity index (χ0v) is 15.5. The largest absolute Gasteiger partial charge is 0.496 e. The van der Waals surface area contributed by atoms with Crippen LogP contribution < -0.4 is 15.0 Å². The molecule has 4 nitrogen and oxygen atoms in total. The molecule has 1 N–H and O–H groups in total. The number of hydrogen-bond donors (Lipinski definition) is 1. The number of piperidine rings is 1. The second-order valence-electron chi connectivity index (χ2n) is 6.66. The number of rotatable bonds is 5. The van der Waals surface area contributed by atoms with Crippen molar-refractivity contribution in [2.75, 3.05) is 30.4 Å². The van der Waals surface area contributed by atoms with Gasteiger partial charge in [-0.15, -0.1) is 0 Å². The summed E-state index contributed by atoms with van der Waals surface area (Å²) < 4.78 is 5.33. The molecule has 136 valence electrons. The van der Waals surface area contributed by atoms with E-state index < -0.39 is 0 Å². The van der Waals surface area contributed by atoms with Gasteiger partial charge < -0.3 is 15.0 Å². The molecule has 26 heavy (non-hydrogen) atoms. The van der Waals surface area contributed by atoms with Gasteiger partial charge in [0, 0.05) is 36.1 Å². The molecule has 1 aliphatic rings. The first kappa shape index (κ1) is 18.1. The van der Waals surface area contributed by atoms with Crippen molar-refractivity contribution in [1.82, 2.24) is 0 Å². The predicted molar refractivity (Wildman–Crippen MR) is 108 cm³/mol. The maximum absolute atomic E-state index is 12.2. The molecule has 4 heteroatoms. The summed E-state index contributed by atoms with van der Waals surface area (Å²) in [6, 6.07) is 14.0. The van der Waals surface area contributed by atoms with E-state index >= 15 is 0 Å². The standard InChI is InChI=1S/C22H26N2O2/c1-17-6-12-21(26-2)18(16-17)7-13-22(25)23-19-8-10-20(11-9-19)24-14-4-3-5-15-24/h6-13,16H,3-5,14-15H2,1-2H3,(H,23,25). The Kier molecular flexibility index (Phi) is 5.95. The molecule has 0 bridgehead atoms. The minimum atomic E-state index is -0.153. The Bertz CT molecular complexity index is 775. The van der Waals surface area contributed by atoms with Gasteiger partial charge in [-0.05, 0) is 68.7 Å². The van der Waals surface area contributed by atoms with Gasteiger partial charge >= 0.3 is 0 Å². The van der Waals surface area contributed by atoms with Crippen LogP contribution in [-0.2, 0) is 4.79 Å². The molecule has 1 amide bonds. The minimum Gasteiger partial charge on any atom is -0.496 e. The highest BCUT2D eigenvalue weighted by molar-refractivity contribution is 6.02. The Labute approximate surface area is 155 Å². The molecule has 0 atom stereocenters. The molecule has 0 saturated carbocycles. The monoisotopic (exact) mass is 350 g/mol. The van der Waals surface area contributed by atoms with Crippen LogP contribution in [0.4, 0.5) is 11.4 Å². The van der Waals surface area contributed by atoms with Crippen LogP contribution in [0.25, 0.3) is 6.08 Å². The molecule has 0 aromatic heterocycles. The molecule has 0 aliphatic carbocycles. The SMILES string of the molecule is COc1ccc(C)cc1C=CC(=O)Nc1ccc(N2CCCCC2)cc1. The number of carbonyl (C=O) groups is 1. The van der Waals surface area contributed by atoms with Gasteiger partial charge in [0.05, 0.1) is 7.11 Å². The molecular weight excluding hydrogens is 324 g/mol. The summed E-state index contributed by atoms with van der Waals surface area (Å²) in [6.07, 6.45) is 7.15. The van der Waals surface area contributed by atoms with Crippen molar-refractivity contribution in [2.45, 2.75) is 26.2 Å². The summed E-state index contributed by atoms with van der Waals surface area (Å²) in [5.74, 6) is 0.602. The van der Waals surface area contributed by atoms with Crippen LogP contribution >= 0.6 is 0 Å². The van der Waals surface area contributed by atoms with Crippen molar-refractivity contribution < 1.29 is 9.53 Å². The fourth-order valence-corrected chi connectivity index (χ4v) is 3.24. The molecule has 2 aromatic rings. The second kappa shape index (κ2) is 8.56. The van der Waals surface area contributed by atoms with Crippen LogP contribution in [0.2, 0.25) is 0 Å². The summed E-state index contributed by atoms with van der Waals surface area (Å²) in [7, 11) is 1.63. The van der Waals surface area contributed by atoms with Crippen LogP contribution in [0.3, 0.4) is 0 Å². The lowest BCUT2D eigenvalue weighted by Crippen LogP contribution is -2.29. The third-order valence-corrected chi connectivity index (χ3v) is 4.66. The van der Waals surface area contributed by atoms with Crippen molar-refractivity contribution in [2.24, 2.45) is 0 Å². The lowest BCUT2D eigenvalue weighted by molar-refractivity contribution is -0.111. The topological polar surface area (TPSA) is 41.6 Å². The first-order chi connectivity index (χ1) is 12.7. The number of amides is 1. The Balaban J connectivity index is 1.62. The molecule has 0 unspecified atom stereocenters. The summed E-state index contributed by atoms with van der Waals surface area (Å²) >= 11 is 0. The van der Waals surface area contributed by atoms with Gasteiger partial charge in [-0.25, -0.2) is 0 Å². The third-order valence-electron chi connectivity index (χ3n) is 4.66. The van der Waals surface area contributed by atoms with E-state index in [4.69, 9.17) is 4.74 Å². The number of ether oxygens (including phenoxy) is 1. The molecule has 1 saturated heterocycles. The van der Waals surface area contributed by atoms with Gasteiger partial charge in [-0.1, -0.05) is 11.6 Å². The fraction of sp³-hybridized carbons (Fsp3) is 0.318. The van der Waals surface area contributed by atoms with Crippen molar-refractivity contribution in [3.05, 3.63) is 59.7 Å². The highest BCUT2D eigenvalue weighted by Gasteiger charge is 2.10. The van der Waals surface area contributed by atoms with E-state index in [-0.39, 0.29) is 5.91 Å². The molecular formula is C22H26N2O2. The van der Waals surface area contributed by atoms with E-state index in [9.17, 15) is 4.79 Å². The van der Waals surface area contributed by atoms with Gasteiger partial charge in [0.15, 0.2) is 0 Å². The van der Waals surface area contributed by atoms with Crippen molar-refractivity contribution in [3.63, 3.8) is 0 Å². The number of hydrogen-bond acceptors (Lipinski definition) is 3. The third kappa shape index (κ3) is 4.66. The van der Waals surface area contributed by atoms with Gasteiger partial charge in [0.25, 0.3) is 0 Å². The molecule has 1 fully saturated rings. The summed E-state index contributed by atoms with van der Waals surface area (Å²) in [6.45, 7) is 4.25. The second-order valence-corrected chi connectivity index (χ2v) is 6.66. The van der Waals surface area contributed by atoms with Gasteiger partial charge in [-0.2, -0.15) is 0 Å². The van der Waals surface area contributed by atoms with E-state index in [2.05, 4.69) is 22.3 Å². The number of nitrogens with zero attached hydrogens (tertiary/aromatic N) is 1. The number of nitrogens with one attached hydrogen (secondary N) is 1. The average Bonchev–Trinajstić information content (AvgIpc) is 2.68. The summed E-state index contributed by atoms with van der Waals surface area (Å²) in [5, 5.41) is 2.91. The fourth-order valence-electron chi connectivity index (χ4n) is 3.24. The van der Waals surface area contributed by atoms with Crippen LogP contribution in [0.5, 0.6) is 5.75 Å². The van der Waals surface area contributed by atoms with E-state index in [1.807, 2.05) is 37.3 Å². The Morgan fingerprint density at radius 3 is 2.50 bits per heavy atom. The highest BCUT2D eigenvalue weighted by Crippen LogP contribution is 2.23. The number of methoxy groups -OCH3 is 1. The van der Waals surface area contributed by atoms with E-state index in [0.717, 1.165) is 35.7 Å². The first-order valence-corrected chi connectivity index (χ1v) is 9.14. The zero-order chi connectivity index (χ0) is 18.4. The molecule has 3 rings (SSSR count). The van der Waals surface area contributed by atoms with Gasteiger partial charge in [0.2, 0.25) is 5.91 Å². The Morgan fingerprint density at radius 2 is 1.81 bits per heavy atom. The summed E-state index contributed by atoms with van der Waals surface area (Å²) in [4.78, 5) is 14.6. The lowest BCUT2D eigenvalue weighted by atomic mass is 10.1. The molecule has 1 heterocycles. The number of aryl methyl sites for hydroxylation is 1. The maximum atomic E-state index is 12.2. The van der Waals surface area contributed by atoms with Crippen LogP contribution in [0.15, 0.2) is 48.5 Å². The number of benzene rings is 2. The molecule has 2 aromatic carbocycles. The normalized spacial score (nSPS) is 14.5. The van der Waals surface area contributed by atoms with Crippen LogP contribution in [0, 0.1) is 6.92 Å². The Morgan fingerprint density at radius 1 is 1.08 bits per heavy atom. The number of carbonyl (C=O) groups excluding carboxylic acids is 1. The first-order valence-electron chi connectivity index (χ1n) is 9.14. The summed E-state index contributed by atoms with van der Waals surface area (Å²) in [5.41, 5.74) is 4.04. The van der Waals surface area contributed by atoms with E-state index in [1.54, 1.807) is 13.2 Å². The van der Waals surface area contributed by atoms with Crippen molar-refractivity contribution >= 4 is 23.4 Å². The van der Waals surface area contributed by atoms with Gasteiger partial charge in [-0.3, -0.25) is 4.79 Å². The minimum absolute atomic E-state index is 0.153.